The molecule has 0 atom stereocenters. The maximum atomic E-state index is 12.4. The van der Waals surface area contributed by atoms with Crippen molar-refractivity contribution < 1.29 is 4.79 Å². The zero-order chi connectivity index (χ0) is 16.8. The quantitative estimate of drug-likeness (QED) is 0.857. The Labute approximate surface area is 142 Å². The van der Waals surface area contributed by atoms with Crippen LogP contribution in [-0.2, 0) is 6.42 Å². The molecule has 0 unspecified atom stereocenters. The maximum absolute atomic E-state index is 12.4. The summed E-state index contributed by atoms with van der Waals surface area (Å²) in [5.41, 5.74) is 1.71. The molecule has 126 valence electrons. The third-order valence-electron chi connectivity index (χ3n) is 4.32. The van der Waals surface area contributed by atoms with Crippen LogP contribution >= 0.6 is 0 Å². The summed E-state index contributed by atoms with van der Waals surface area (Å²) in [5.74, 6) is 1.21. The topological polar surface area (TPSA) is 66.9 Å². The minimum Gasteiger partial charge on any atom is -0.370 e. The average molecular weight is 324 g/mol. The Hall–Kier alpha value is -2.43. The number of nitrogens with zero attached hydrogens (tertiary/aromatic N) is 2. The largest absolute Gasteiger partial charge is 0.370 e. The molecule has 1 aliphatic carbocycles. The molecule has 24 heavy (non-hydrogen) atoms. The number of nitrogens with one attached hydrogen (secondary N) is 2. The third-order valence-corrected chi connectivity index (χ3v) is 4.32. The fraction of sp³-hybridized carbons (Fsp3) is 0.421. The summed E-state index contributed by atoms with van der Waals surface area (Å²) in [6, 6.07) is 12.3. The Balaban J connectivity index is 1.59. The van der Waals surface area contributed by atoms with E-state index in [2.05, 4.69) is 32.7 Å². The first kappa shape index (κ1) is 16.4. The van der Waals surface area contributed by atoms with Crippen LogP contribution in [0.3, 0.4) is 0 Å². The molecule has 1 aromatic carbocycles. The maximum Gasteiger partial charge on any atom is 0.270 e. The van der Waals surface area contributed by atoms with Gasteiger partial charge >= 0.3 is 0 Å². The van der Waals surface area contributed by atoms with Crippen LogP contribution in [-0.4, -0.2) is 28.5 Å². The molecule has 0 radical (unpaired) electrons. The molecule has 0 aliphatic heterocycles. The molecule has 3 rings (SSSR count). The second-order valence-corrected chi connectivity index (χ2v) is 6.30. The van der Waals surface area contributed by atoms with Crippen molar-refractivity contribution in [3.05, 3.63) is 53.5 Å². The van der Waals surface area contributed by atoms with E-state index in [1.165, 1.54) is 18.4 Å². The number of rotatable bonds is 6. The number of anilines is 1. The van der Waals surface area contributed by atoms with Gasteiger partial charge in [-0.3, -0.25) is 4.79 Å². The SMILES string of the molecule is Cc1nc(NCCc2ccccc2)cc(C(=O)NC2CCCC2)n1. The van der Waals surface area contributed by atoms with Gasteiger partial charge in [-0.15, -0.1) is 0 Å². The first-order valence-corrected chi connectivity index (χ1v) is 8.65. The lowest BCUT2D eigenvalue weighted by Gasteiger charge is -2.13. The highest BCUT2D eigenvalue weighted by molar-refractivity contribution is 5.93. The smallest absolute Gasteiger partial charge is 0.270 e. The molecule has 1 aliphatic rings. The number of hydrogen-bond donors (Lipinski definition) is 2. The molecular formula is C19H24N4O. The van der Waals surface area contributed by atoms with Crippen LogP contribution in [0.15, 0.2) is 36.4 Å². The summed E-state index contributed by atoms with van der Waals surface area (Å²) in [5, 5.41) is 6.37. The van der Waals surface area contributed by atoms with Gasteiger partial charge in [-0.1, -0.05) is 43.2 Å². The van der Waals surface area contributed by atoms with Crippen LogP contribution < -0.4 is 10.6 Å². The summed E-state index contributed by atoms with van der Waals surface area (Å²) in [6.07, 6.45) is 5.43. The molecule has 1 saturated carbocycles. The molecule has 1 amide bonds. The molecule has 1 heterocycles. The van der Waals surface area contributed by atoms with Crippen LogP contribution in [0.4, 0.5) is 5.82 Å². The molecular weight excluding hydrogens is 300 g/mol. The lowest BCUT2D eigenvalue weighted by atomic mass is 10.1. The van der Waals surface area contributed by atoms with Crippen LogP contribution in [0.25, 0.3) is 0 Å². The molecule has 1 fully saturated rings. The summed E-state index contributed by atoms with van der Waals surface area (Å²) >= 11 is 0. The Morgan fingerprint density at radius 3 is 2.67 bits per heavy atom. The monoisotopic (exact) mass is 324 g/mol. The van der Waals surface area contributed by atoms with E-state index in [0.717, 1.165) is 25.8 Å². The summed E-state index contributed by atoms with van der Waals surface area (Å²) in [6.45, 7) is 2.58. The normalized spacial score (nSPS) is 14.5. The van der Waals surface area contributed by atoms with Crippen molar-refractivity contribution >= 4 is 11.7 Å². The lowest BCUT2D eigenvalue weighted by Crippen LogP contribution is -2.33. The molecule has 5 nitrogen and oxygen atoms in total. The first-order chi connectivity index (χ1) is 11.7. The Kier molecular flexibility index (Phi) is 5.41. The highest BCUT2D eigenvalue weighted by Crippen LogP contribution is 2.18. The van der Waals surface area contributed by atoms with E-state index < -0.39 is 0 Å². The van der Waals surface area contributed by atoms with Gasteiger partial charge in [0.1, 0.15) is 17.3 Å². The number of carbonyl (C=O) groups is 1. The minimum absolute atomic E-state index is 0.0986. The van der Waals surface area contributed by atoms with Gasteiger partial charge in [0.05, 0.1) is 0 Å². The van der Waals surface area contributed by atoms with Crippen LogP contribution in [0.5, 0.6) is 0 Å². The second-order valence-electron chi connectivity index (χ2n) is 6.30. The molecule has 0 spiro atoms. The molecule has 0 saturated heterocycles. The third kappa shape index (κ3) is 4.54. The highest BCUT2D eigenvalue weighted by atomic mass is 16.1. The van der Waals surface area contributed by atoms with E-state index in [0.29, 0.717) is 23.4 Å². The standard InChI is InChI=1S/C19H24N4O/c1-14-21-17(19(24)23-16-9-5-6-10-16)13-18(22-14)20-12-11-15-7-3-2-4-8-15/h2-4,7-8,13,16H,5-6,9-12H2,1H3,(H,23,24)(H,20,21,22). The number of aryl methyl sites for hydroxylation is 1. The van der Waals surface area contributed by atoms with E-state index in [4.69, 9.17) is 0 Å². The van der Waals surface area contributed by atoms with Gasteiger partial charge in [0.15, 0.2) is 0 Å². The van der Waals surface area contributed by atoms with E-state index in [1.807, 2.05) is 25.1 Å². The number of hydrogen-bond acceptors (Lipinski definition) is 4. The molecule has 1 aromatic heterocycles. The summed E-state index contributed by atoms with van der Waals surface area (Å²) in [7, 11) is 0. The van der Waals surface area contributed by atoms with Crippen molar-refractivity contribution in [1.29, 1.82) is 0 Å². The highest BCUT2D eigenvalue weighted by Gasteiger charge is 2.19. The van der Waals surface area contributed by atoms with Gasteiger partial charge in [0.2, 0.25) is 0 Å². The van der Waals surface area contributed by atoms with Crippen molar-refractivity contribution in [1.82, 2.24) is 15.3 Å². The van der Waals surface area contributed by atoms with Gasteiger partial charge in [-0.25, -0.2) is 9.97 Å². The van der Waals surface area contributed by atoms with Crippen LogP contribution in [0.1, 0.15) is 47.6 Å². The van der Waals surface area contributed by atoms with Gasteiger partial charge in [-0.05, 0) is 31.7 Å². The average Bonchev–Trinajstić information content (AvgIpc) is 3.08. The van der Waals surface area contributed by atoms with E-state index in [9.17, 15) is 4.79 Å². The predicted octanol–water partition coefficient (Wildman–Crippen LogP) is 3.11. The molecule has 5 heteroatoms. The first-order valence-electron chi connectivity index (χ1n) is 8.65. The molecule has 2 aromatic rings. The predicted molar refractivity (Wildman–Crippen MR) is 95.1 cm³/mol. The van der Waals surface area contributed by atoms with Gasteiger partial charge in [-0.2, -0.15) is 0 Å². The van der Waals surface area contributed by atoms with Gasteiger partial charge in [0.25, 0.3) is 5.91 Å². The number of carbonyl (C=O) groups excluding carboxylic acids is 1. The summed E-state index contributed by atoms with van der Waals surface area (Å²) < 4.78 is 0. The lowest BCUT2D eigenvalue weighted by molar-refractivity contribution is 0.0932. The van der Waals surface area contributed by atoms with Gasteiger partial charge < -0.3 is 10.6 Å². The number of aromatic nitrogens is 2. The van der Waals surface area contributed by atoms with Crippen molar-refractivity contribution in [3.63, 3.8) is 0 Å². The summed E-state index contributed by atoms with van der Waals surface area (Å²) in [4.78, 5) is 21.0. The number of amides is 1. The van der Waals surface area contributed by atoms with Crippen LogP contribution in [0.2, 0.25) is 0 Å². The fourth-order valence-electron chi connectivity index (χ4n) is 3.08. The number of benzene rings is 1. The van der Waals surface area contributed by atoms with E-state index >= 15 is 0 Å². The van der Waals surface area contributed by atoms with Crippen molar-refractivity contribution in [2.75, 3.05) is 11.9 Å². The van der Waals surface area contributed by atoms with Crippen molar-refractivity contribution in [3.8, 4) is 0 Å². The van der Waals surface area contributed by atoms with Crippen molar-refractivity contribution in [2.24, 2.45) is 0 Å². The zero-order valence-electron chi connectivity index (χ0n) is 14.1. The van der Waals surface area contributed by atoms with Crippen molar-refractivity contribution in [2.45, 2.75) is 45.1 Å². The Morgan fingerprint density at radius 1 is 1.17 bits per heavy atom. The van der Waals surface area contributed by atoms with Crippen LogP contribution in [0, 0.1) is 6.92 Å². The molecule has 0 bridgehead atoms. The second kappa shape index (κ2) is 7.90. The minimum atomic E-state index is -0.0986. The van der Waals surface area contributed by atoms with E-state index in [-0.39, 0.29) is 5.91 Å². The zero-order valence-corrected chi connectivity index (χ0v) is 14.1. The molecule has 2 N–H and O–H groups in total. The fourth-order valence-corrected chi connectivity index (χ4v) is 3.08. The van der Waals surface area contributed by atoms with Gasteiger partial charge in [0, 0.05) is 18.7 Å². The van der Waals surface area contributed by atoms with E-state index in [1.54, 1.807) is 6.07 Å². The Morgan fingerprint density at radius 2 is 1.92 bits per heavy atom. The Bertz CT molecular complexity index is 681.